The molecule has 0 aromatic carbocycles. The van der Waals surface area contributed by atoms with E-state index >= 15 is 0 Å². The molecule has 0 saturated heterocycles. The number of imidazole rings is 1. The van der Waals surface area contributed by atoms with Gasteiger partial charge in [0.05, 0.1) is 25.7 Å². The Hall–Kier alpha value is -1.40. The number of ether oxygens (including phenoxy) is 1. The van der Waals surface area contributed by atoms with E-state index in [-0.39, 0.29) is 12.5 Å². The number of amides is 1. The molecule has 0 saturated carbocycles. The minimum atomic E-state index is -0.137. The molecule has 0 aliphatic rings. The van der Waals surface area contributed by atoms with E-state index in [2.05, 4.69) is 10.3 Å². The van der Waals surface area contributed by atoms with E-state index in [0.29, 0.717) is 25.5 Å². The van der Waals surface area contributed by atoms with Gasteiger partial charge in [-0.1, -0.05) is 0 Å². The summed E-state index contributed by atoms with van der Waals surface area (Å²) in [4.78, 5) is 15.4. The second kappa shape index (κ2) is 6.97. The van der Waals surface area contributed by atoms with E-state index in [9.17, 15) is 4.79 Å². The molecule has 0 aliphatic carbocycles. The van der Waals surface area contributed by atoms with Gasteiger partial charge in [-0.25, -0.2) is 4.98 Å². The van der Waals surface area contributed by atoms with Crippen molar-refractivity contribution in [1.29, 1.82) is 0 Å². The van der Waals surface area contributed by atoms with E-state index in [4.69, 9.17) is 9.84 Å². The fourth-order valence-electron chi connectivity index (χ4n) is 1.21. The highest BCUT2D eigenvalue weighted by Crippen LogP contribution is 1.95. The third kappa shape index (κ3) is 4.00. The van der Waals surface area contributed by atoms with Crippen molar-refractivity contribution in [2.45, 2.75) is 6.42 Å². The molecule has 6 heteroatoms. The summed E-state index contributed by atoms with van der Waals surface area (Å²) >= 11 is 0. The fourth-order valence-corrected chi connectivity index (χ4v) is 1.21. The number of aromatic nitrogens is 2. The van der Waals surface area contributed by atoms with Gasteiger partial charge in [0.1, 0.15) is 5.69 Å². The predicted molar refractivity (Wildman–Crippen MR) is 58.1 cm³/mol. The molecule has 0 unspecified atom stereocenters. The van der Waals surface area contributed by atoms with Crippen LogP contribution in [0.5, 0.6) is 0 Å². The van der Waals surface area contributed by atoms with Crippen LogP contribution >= 0.6 is 0 Å². The maximum Gasteiger partial charge on any atom is 0.269 e. The first kappa shape index (κ1) is 12.7. The lowest BCUT2D eigenvalue weighted by Crippen LogP contribution is -2.27. The summed E-state index contributed by atoms with van der Waals surface area (Å²) in [6.45, 7) is 1.46. The third-order valence-electron chi connectivity index (χ3n) is 2.04. The molecule has 0 bridgehead atoms. The molecule has 0 aliphatic heterocycles. The number of nitrogens with one attached hydrogen (secondary N) is 1. The number of hydrogen-bond donors (Lipinski definition) is 2. The quantitative estimate of drug-likeness (QED) is 0.618. The Morgan fingerprint density at radius 2 is 2.44 bits per heavy atom. The number of hydrogen-bond acceptors (Lipinski definition) is 4. The van der Waals surface area contributed by atoms with Crippen LogP contribution in [0.3, 0.4) is 0 Å². The Balaban J connectivity index is 2.14. The monoisotopic (exact) mass is 227 g/mol. The van der Waals surface area contributed by atoms with Crippen molar-refractivity contribution < 1.29 is 14.6 Å². The van der Waals surface area contributed by atoms with Gasteiger partial charge in [-0.3, -0.25) is 4.79 Å². The molecule has 90 valence electrons. The van der Waals surface area contributed by atoms with Crippen molar-refractivity contribution >= 4 is 5.91 Å². The first-order chi connectivity index (χ1) is 7.75. The summed E-state index contributed by atoms with van der Waals surface area (Å²) < 4.78 is 6.72. The largest absolute Gasteiger partial charge is 0.394 e. The van der Waals surface area contributed by atoms with Gasteiger partial charge in [-0.15, -0.1) is 0 Å². The number of rotatable bonds is 7. The number of carbonyl (C=O) groups is 1. The van der Waals surface area contributed by atoms with Gasteiger partial charge < -0.3 is 19.7 Å². The van der Waals surface area contributed by atoms with Crippen molar-refractivity contribution in [1.82, 2.24) is 14.9 Å². The van der Waals surface area contributed by atoms with Gasteiger partial charge in [0.15, 0.2) is 0 Å². The van der Waals surface area contributed by atoms with Crippen LogP contribution in [0, 0.1) is 0 Å². The Morgan fingerprint density at radius 1 is 1.62 bits per heavy atom. The SMILES string of the molecule is Cn1cncc1C(=O)NCCCOCCO. The maximum atomic E-state index is 11.6. The molecule has 0 fully saturated rings. The lowest BCUT2D eigenvalue weighted by molar-refractivity contribution is 0.0864. The topological polar surface area (TPSA) is 76.4 Å². The van der Waals surface area contributed by atoms with Crippen molar-refractivity contribution in [3.05, 3.63) is 18.2 Å². The first-order valence-electron chi connectivity index (χ1n) is 5.19. The molecule has 0 spiro atoms. The maximum absolute atomic E-state index is 11.6. The predicted octanol–water partition coefficient (Wildman–Crippen LogP) is -0.451. The van der Waals surface area contributed by atoms with Crippen LogP contribution in [0.25, 0.3) is 0 Å². The van der Waals surface area contributed by atoms with Crippen LogP contribution in [0.15, 0.2) is 12.5 Å². The molecule has 1 rings (SSSR count). The number of aryl methyl sites for hydroxylation is 1. The Morgan fingerprint density at radius 3 is 3.06 bits per heavy atom. The minimum absolute atomic E-state index is 0.0291. The molecule has 2 N–H and O–H groups in total. The second-order valence-electron chi connectivity index (χ2n) is 3.34. The number of aliphatic hydroxyl groups is 1. The molecule has 16 heavy (non-hydrogen) atoms. The highest BCUT2D eigenvalue weighted by molar-refractivity contribution is 5.92. The highest BCUT2D eigenvalue weighted by Gasteiger charge is 2.07. The van der Waals surface area contributed by atoms with Gasteiger partial charge >= 0.3 is 0 Å². The first-order valence-corrected chi connectivity index (χ1v) is 5.19. The molecule has 1 aromatic heterocycles. The normalized spacial score (nSPS) is 10.4. The summed E-state index contributed by atoms with van der Waals surface area (Å²) in [7, 11) is 1.77. The van der Waals surface area contributed by atoms with Gasteiger partial charge in [-0.05, 0) is 6.42 Å². The van der Waals surface area contributed by atoms with E-state index in [1.54, 1.807) is 17.9 Å². The van der Waals surface area contributed by atoms with Crippen LogP contribution in [-0.4, -0.2) is 46.9 Å². The lowest BCUT2D eigenvalue weighted by atomic mass is 10.4. The Bertz CT molecular complexity index is 325. The summed E-state index contributed by atoms with van der Waals surface area (Å²) in [6, 6.07) is 0. The molecule has 0 radical (unpaired) electrons. The summed E-state index contributed by atoms with van der Waals surface area (Å²) in [5.74, 6) is -0.137. The Kier molecular flexibility index (Phi) is 5.52. The zero-order chi connectivity index (χ0) is 11.8. The van der Waals surface area contributed by atoms with Crippen LogP contribution in [-0.2, 0) is 11.8 Å². The van der Waals surface area contributed by atoms with E-state index in [0.717, 1.165) is 6.42 Å². The molecule has 1 heterocycles. The Labute approximate surface area is 94.2 Å². The number of carbonyl (C=O) groups excluding carboxylic acids is 1. The summed E-state index contributed by atoms with van der Waals surface area (Å²) in [5, 5.41) is 11.2. The van der Waals surface area contributed by atoms with E-state index < -0.39 is 0 Å². The average Bonchev–Trinajstić information content (AvgIpc) is 2.69. The highest BCUT2D eigenvalue weighted by atomic mass is 16.5. The van der Waals surface area contributed by atoms with Crippen molar-refractivity contribution in [3.8, 4) is 0 Å². The van der Waals surface area contributed by atoms with Crippen LogP contribution < -0.4 is 5.32 Å². The number of aliphatic hydroxyl groups excluding tert-OH is 1. The van der Waals surface area contributed by atoms with E-state index in [1.165, 1.54) is 6.20 Å². The van der Waals surface area contributed by atoms with Crippen LogP contribution in [0.1, 0.15) is 16.9 Å². The van der Waals surface area contributed by atoms with Gasteiger partial charge in [0.25, 0.3) is 5.91 Å². The van der Waals surface area contributed by atoms with Crippen LogP contribution in [0.4, 0.5) is 0 Å². The smallest absolute Gasteiger partial charge is 0.269 e. The van der Waals surface area contributed by atoms with Gasteiger partial charge in [0.2, 0.25) is 0 Å². The zero-order valence-electron chi connectivity index (χ0n) is 9.35. The molecule has 1 amide bonds. The van der Waals surface area contributed by atoms with E-state index in [1.807, 2.05) is 0 Å². The zero-order valence-corrected chi connectivity index (χ0v) is 9.35. The molecule has 6 nitrogen and oxygen atoms in total. The molecular weight excluding hydrogens is 210 g/mol. The van der Waals surface area contributed by atoms with Gasteiger partial charge in [-0.2, -0.15) is 0 Å². The molecule has 1 aromatic rings. The summed E-state index contributed by atoms with van der Waals surface area (Å²) in [5.41, 5.74) is 0.538. The standard InChI is InChI=1S/C10H17N3O3/c1-13-8-11-7-9(13)10(15)12-3-2-5-16-6-4-14/h7-8,14H,2-6H2,1H3,(H,12,15). The van der Waals surface area contributed by atoms with Crippen LogP contribution in [0.2, 0.25) is 0 Å². The third-order valence-corrected chi connectivity index (χ3v) is 2.04. The molecular formula is C10H17N3O3. The van der Waals surface area contributed by atoms with Crippen molar-refractivity contribution in [2.24, 2.45) is 7.05 Å². The van der Waals surface area contributed by atoms with Gasteiger partial charge in [0, 0.05) is 20.2 Å². The molecule has 0 atom stereocenters. The lowest BCUT2D eigenvalue weighted by Gasteiger charge is -2.05. The second-order valence-corrected chi connectivity index (χ2v) is 3.34. The number of nitrogens with zero attached hydrogens (tertiary/aromatic N) is 2. The van der Waals surface area contributed by atoms with Crippen molar-refractivity contribution in [3.63, 3.8) is 0 Å². The van der Waals surface area contributed by atoms with Crippen molar-refractivity contribution in [2.75, 3.05) is 26.4 Å². The summed E-state index contributed by atoms with van der Waals surface area (Å²) in [6.07, 6.45) is 3.83. The average molecular weight is 227 g/mol. The minimum Gasteiger partial charge on any atom is -0.394 e. The fraction of sp³-hybridized carbons (Fsp3) is 0.600.